The number of hydrogen-bond donors (Lipinski definition) is 1. The van der Waals surface area contributed by atoms with Crippen LogP contribution in [-0.2, 0) is 16.8 Å². The smallest absolute Gasteiger partial charge is 0.220 e. The maximum atomic E-state index is 13.2. The predicted octanol–water partition coefficient (Wildman–Crippen LogP) is 3.94. The van der Waals surface area contributed by atoms with Crippen molar-refractivity contribution in [2.75, 3.05) is 18.6 Å². The molecule has 0 radical (unpaired) electrons. The molecule has 2 rings (SSSR count). The number of halogens is 1. The van der Waals surface area contributed by atoms with Crippen LogP contribution >= 0.6 is 11.6 Å². The molecule has 1 heterocycles. The minimum atomic E-state index is -2.53. The summed E-state index contributed by atoms with van der Waals surface area (Å²) < 4.78 is 24.1. The van der Waals surface area contributed by atoms with Crippen LogP contribution in [-0.4, -0.2) is 43.5 Å². The normalized spacial score (nSPS) is 11.4. The van der Waals surface area contributed by atoms with Crippen molar-refractivity contribution in [3.63, 3.8) is 0 Å². The molecule has 0 aliphatic heterocycles. The highest BCUT2D eigenvalue weighted by Crippen LogP contribution is 2.40. The van der Waals surface area contributed by atoms with Crippen LogP contribution in [0.15, 0.2) is 22.7 Å². The Morgan fingerprint density at radius 1 is 1.30 bits per heavy atom. The Balaban J connectivity index is 2.65. The number of carbonyl (C=O) groups excluding carboxylic acids is 1. The highest BCUT2D eigenvalue weighted by molar-refractivity contribution is 7.93. The Morgan fingerprint density at radius 2 is 1.93 bits per heavy atom. The Hall–Kier alpha value is -2.06. The molecule has 1 aromatic heterocycles. The second kappa shape index (κ2) is 8.75. The van der Waals surface area contributed by atoms with E-state index in [2.05, 4.69) is 9.46 Å². The lowest BCUT2D eigenvalue weighted by atomic mass is 10.0. The molecule has 9 heteroatoms. The predicted molar refractivity (Wildman–Crippen MR) is 107 cm³/mol. The number of hydrogen-bond acceptors (Lipinski definition) is 6. The van der Waals surface area contributed by atoms with Crippen LogP contribution < -0.4 is 4.74 Å². The van der Waals surface area contributed by atoms with Crippen LogP contribution in [0, 0.1) is 0 Å². The molecule has 0 saturated carbocycles. The van der Waals surface area contributed by atoms with E-state index in [1.54, 1.807) is 6.07 Å². The molecule has 0 aliphatic carbocycles. The lowest BCUT2D eigenvalue weighted by molar-refractivity contribution is 0.103. The van der Waals surface area contributed by atoms with Gasteiger partial charge < -0.3 is 9.84 Å². The second-order valence-corrected chi connectivity index (χ2v) is 9.01. The zero-order chi connectivity index (χ0) is 20.2. The van der Waals surface area contributed by atoms with E-state index in [1.165, 1.54) is 31.1 Å². The van der Waals surface area contributed by atoms with Gasteiger partial charge in [0.2, 0.25) is 11.7 Å². The van der Waals surface area contributed by atoms with Gasteiger partial charge in [-0.2, -0.15) is 9.46 Å². The maximum Gasteiger partial charge on any atom is 0.220 e. The van der Waals surface area contributed by atoms with Crippen molar-refractivity contribution in [2.45, 2.75) is 26.7 Å². The van der Waals surface area contributed by atoms with E-state index < -0.39 is 15.5 Å². The van der Waals surface area contributed by atoms with Gasteiger partial charge in [0, 0.05) is 24.1 Å². The van der Waals surface area contributed by atoms with E-state index >= 15 is 0 Å². The summed E-state index contributed by atoms with van der Waals surface area (Å²) in [6, 6.07) is 3.06. The van der Waals surface area contributed by atoms with Crippen LogP contribution in [0.5, 0.6) is 11.6 Å². The minimum absolute atomic E-state index is 0.0263. The Morgan fingerprint density at radius 3 is 2.41 bits per heavy atom. The molecule has 0 amide bonds. The van der Waals surface area contributed by atoms with E-state index in [0.717, 1.165) is 0 Å². The molecule has 1 N–H and O–H groups in total. The number of benzene rings is 1. The summed E-state index contributed by atoms with van der Waals surface area (Å²) in [5.74, 6) is 0.448. The van der Waals surface area contributed by atoms with Crippen LogP contribution in [0.1, 0.15) is 42.6 Å². The fraction of sp³-hybridized carbons (Fsp3) is 0.444. The molecule has 0 atom stereocenters. The summed E-state index contributed by atoms with van der Waals surface area (Å²) in [6.07, 6.45) is 2.70. The molecule has 0 aliphatic rings. The molecule has 0 saturated heterocycles. The summed E-state index contributed by atoms with van der Waals surface area (Å²) >= 11 is 6.47. The van der Waals surface area contributed by atoms with Crippen LogP contribution in [0.2, 0.25) is 5.02 Å². The Labute approximate surface area is 164 Å². The third kappa shape index (κ3) is 4.44. The van der Waals surface area contributed by atoms with Crippen molar-refractivity contribution in [1.82, 2.24) is 9.78 Å². The third-order valence-corrected chi connectivity index (χ3v) is 6.99. The van der Waals surface area contributed by atoms with Gasteiger partial charge in [-0.05, 0) is 25.0 Å². The van der Waals surface area contributed by atoms with Gasteiger partial charge in [0.1, 0.15) is 17.0 Å². The summed E-state index contributed by atoms with van der Waals surface area (Å²) in [5, 5.41) is 13.9. The van der Waals surface area contributed by atoms with Gasteiger partial charge in [-0.3, -0.25) is 4.79 Å². The quantitative estimate of drug-likeness (QED) is 0.661. The number of aromatic nitrogens is 2. The number of carbonyl (C=O) groups is 1. The molecule has 0 spiro atoms. The van der Waals surface area contributed by atoms with Gasteiger partial charge in [-0.15, -0.1) is 0 Å². The van der Waals surface area contributed by atoms with Crippen molar-refractivity contribution in [2.24, 2.45) is 11.4 Å². The Bertz CT molecular complexity index is 950. The van der Waals surface area contributed by atoms with Crippen molar-refractivity contribution < 1.29 is 18.8 Å². The van der Waals surface area contributed by atoms with E-state index in [0.29, 0.717) is 30.1 Å². The van der Waals surface area contributed by atoms with Crippen molar-refractivity contribution in [3.05, 3.63) is 34.5 Å². The fourth-order valence-electron chi connectivity index (χ4n) is 2.71. The molecular weight excluding hydrogens is 390 g/mol. The first-order valence-electron chi connectivity index (χ1n) is 8.62. The molecule has 1 aromatic carbocycles. The monoisotopic (exact) mass is 413 g/mol. The topological polar surface area (TPSA) is 93.8 Å². The van der Waals surface area contributed by atoms with Gasteiger partial charge in [0.25, 0.3) is 0 Å². The minimum Gasteiger partial charge on any atom is -0.494 e. The third-order valence-electron chi connectivity index (χ3n) is 4.00. The first-order chi connectivity index (χ1) is 12.8. The van der Waals surface area contributed by atoms with E-state index in [4.69, 9.17) is 16.3 Å². The molecule has 27 heavy (non-hydrogen) atoms. The number of rotatable bonds is 8. The van der Waals surface area contributed by atoms with Crippen LogP contribution in [0.3, 0.4) is 0 Å². The number of ketones is 1. The van der Waals surface area contributed by atoms with Crippen LogP contribution in [0.4, 0.5) is 5.69 Å². The lowest BCUT2D eigenvalue weighted by Crippen LogP contribution is -2.10. The van der Waals surface area contributed by atoms with Crippen molar-refractivity contribution in [1.29, 1.82) is 0 Å². The Kier molecular flexibility index (Phi) is 6.89. The van der Waals surface area contributed by atoms with Crippen LogP contribution in [0.25, 0.3) is 0 Å². The maximum absolute atomic E-state index is 13.2. The fourth-order valence-corrected chi connectivity index (χ4v) is 5.22. The largest absolute Gasteiger partial charge is 0.494 e. The average molecular weight is 414 g/mol. The number of aryl methyl sites for hydroxylation is 1. The highest BCUT2D eigenvalue weighted by atomic mass is 35.5. The lowest BCUT2D eigenvalue weighted by Gasteiger charge is -2.13. The van der Waals surface area contributed by atoms with E-state index in [-0.39, 0.29) is 27.7 Å². The molecular formula is C18H24ClN3O4S. The number of methoxy groups -OCH3 is 1. The van der Waals surface area contributed by atoms with Gasteiger partial charge in [0.15, 0.2) is 0 Å². The molecule has 148 valence electrons. The number of ether oxygens (including phenoxy) is 1. The summed E-state index contributed by atoms with van der Waals surface area (Å²) in [6.45, 7) is 3.88. The zero-order valence-corrected chi connectivity index (χ0v) is 17.4. The molecule has 0 bridgehead atoms. The molecule has 2 aromatic rings. The number of aromatic hydroxyl groups is 1. The average Bonchev–Trinajstić information content (AvgIpc) is 2.95. The zero-order valence-electron chi connectivity index (χ0n) is 15.9. The van der Waals surface area contributed by atoms with Crippen molar-refractivity contribution >= 4 is 32.8 Å². The van der Waals surface area contributed by atoms with Gasteiger partial charge in [0.05, 0.1) is 28.1 Å². The summed E-state index contributed by atoms with van der Waals surface area (Å²) in [4.78, 5) is 12.8. The molecule has 0 fully saturated rings. The van der Waals surface area contributed by atoms with Gasteiger partial charge >= 0.3 is 0 Å². The standard InChI is InChI=1S/C18H24ClN3O4S/c1-5-9-27(25,10-6-2)21-16-14(26-4)8-7-12(15(16)19)17(23)13-11-20-22(3)18(13)24/h7-8,11,24H,5-6,9-10H2,1-4H3. The molecule has 7 nitrogen and oxygen atoms in total. The highest BCUT2D eigenvalue weighted by Gasteiger charge is 2.24. The molecule has 0 unspecified atom stereocenters. The number of nitrogens with zero attached hydrogens (tertiary/aromatic N) is 3. The van der Waals surface area contributed by atoms with Crippen molar-refractivity contribution in [3.8, 4) is 11.6 Å². The van der Waals surface area contributed by atoms with Gasteiger partial charge in [-0.25, -0.2) is 8.89 Å². The summed E-state index contributed by atoms with van der Waals surface area (Å²) in [5.41, 5.74) is 0.355. The summed E-state index contributed by atoms with van der Waals surface area (Å²) in [7, 11) is 0.455. The first kappa shape index (κ1) is 21.2. The first-order valence-corrected chi connectivity index (χ1v) is 10.9. The van der Waals surface area contributed by atoms with E-state index in [9.17, 15) is 14.1 Å². The van der Waals surface area contributed by atoms with E-state index in [1.807, 2.05) is 13.8 Å². The SMILES string of the molecule is CCCS(=O)(CCC)=Nc1c(OC)ccc(C(=O)c2cnn(C)c2O)c1Cl. The second-order valence-electron chi connectivity index (χ2n) is 6.08. The van der Waals surface area contributed by atoms with Gasteiger partial charge in [-0.1, -0.05) is 25.4 Å².